The Labute approximate surface area is 89.8 Å². The van der Waals surface area contributed by atoms with Crippen molar-refractivity contribution in [2.75, 3.05) is 0 Å². The van der Waals surface area contributed by atoms with E-state index < -0.39 is 0 Å². The molecule has 0 aromatic heterocycles. The topological polar surface area (TPSA) is 12.0 Å². The second-order valence-electron chi connectivity index (χ2n) is 3.61. The van der Waals surface area contributed by atoms with E-state index in [0.29, 0.717) is 6.04 Å². The average Bonchev–Trinajstić information content (AvgIpc) is 2.69. The molecule has 2 heteroatoms. The normalized spacial score (nSPS) is 16.4. The maximum atomic E-state index is 6.05. The van der Waals surface area contributed by atoms with E-state index in [2.05, 4.69) is 23.5 Å². The standard InChI is InChI=1S/C12H14ClN/c13-12-8-4-1-5-10(12)9-14-11-6-2-3-7-11/h1-5,8,11,14H,6-7,9H2. The minimum absolute atomic E-state index is 0.603. The van der Waals surface area contributed by atoms with Crippen molar-refractivity contribution in [2.45, 2.75) is 25.4 Å². The fourth-order valence-corrected chi connectivity index (χ4v) is 1.88. The van der Waals surface area contributed by atoms with E-state index in [1.165, 1.54) is 5.56 Å². The predicted octanol–water partition coefficient (Wildman–Crippen LogP) is 3.15. The van der Waals surface area contributed by atoms with Gasteiger partial charge in [0.05, 0.1) is 0 Å². The van der Waals surface area contributed by atoms with Gasteiger partial charge in [-0.25, -0.2) is 0 Å². The number of rotatable bonds is 3. The van der Waals surface area contributed by atoms with Crippen LogP contribution in [0.15, 0.2) is 36.4 Å². The first kappa shape index (κ1) is 9.75. The second-order valence-corrected chi connectivity index (χ2v) is 4.02. The summed E-state index contributed by atoms with van der Waals surface area (Å²) in [5.74, 6) is 0. The van der Waals surface area contributed by atoms with Crippen molar-refractivity contribution in [3.63, 3.8) is 0 Å². The molecule has 0 fully saturated rings. The van der Waals surface area contributed by atoms with Crippen LogP contribution in [0.1, 0.15) is 18.4 Å². The maximum absolute atomic E-state index is 6.05. The summed E-state index contributed by atoms with van der Waals surface area (Å²) in [7, 11) is 0. The van der Waals surface area contributed by atoms with Crippen molar-refractivity contribution < 1.29 is 0 Å². The quantitative estimate of drug-likeness (QED) is 0.751. The summed E-state index contributed by atoms with van der Waals surface area (Å²) in [6.45, 7) is 0.867. The van der Waals surface area contributed by atoms with Gasteiger partial charge in [-0.05, 0) is 24.5 Å². The summed E-state index contributed by atoms with van der Waals surface area (Å²) in [6.07, 6.45) is 6.74. The van der Waals surface area contributed by atoms with Crippen LogP contribution >= 0.6 is 11.6 Å². The van der Waals surface area contributed by atoms with Crippen LogP contribution in [0.2, 0.25) is 5.02 Å². The lowest BCUT2D eigenvalue weighted by Crippen LogP contribution is -2.25. The van der Waals surface area contributed by atoms with Crippen LogP contribution in [0.5, 0.6) is 0 Å². The molecule has 1 aromatic carbocycles. The number of hydrogen-bond donors (Lipinski definition) is 1. The molecule has 0 radical (unpaired) electrons. The lowest BCUT2D eigenvalue weighted by atomic mass is 10.2. The summed E-state index contributed by atoms with van der Waals surface area (Å²) >= 11 is 6.05. The zero-order valence-electron chi connectivity index (χ0n) is 8.04. The van der Waals surface area contributed by atoms with E-state index >= 15 is 0 Å². The summed E-state index contributed by atoms with van der Waals surface area (Å²) in [4.78, 5) is 0. The van der Waals surface area contributed by atoms with Crippen LogP contribution in [0, 0.1) is 0 Å². The molecule has 0 bridgehead atoms. The summed E-state index contributed by atoms with van der Waals surface area (Å²) in [5, 5.41) is 4.34. The Hall–Kier alpha value is -0.790. The predicted molar refractivity (Wildman–Crippen MR) is 60.5 cm³/mol. The van der Waals surface area contributed by atoms with Gasteiger partial charge in [0.15, 0.2) is 0 Å². The Balaban J connectivity index is 1.88. The number of benzene rings is 1. The van der Waals surface area contributed by atoms with Crippen LogP contribution in [0.25, 0.3) is 0 Å². The van der Waals surface area contributed by atoms with E-state index in [0.717, 1.165) is 24.4 Å². The molecule has 2 rings (SSSR count). The third-order valence-electron chi connectivity index (χ3n) is 2.55. The molecule has 0 unspecified atom stereocenters. The van der Waals surface area contributed by atoms with E-state index in [1.807, 2.05) is 18.2 Å². The second kappa shape index (κ2) is 4.63. The first-order chi connectivity index (χ1) is 6.86. The van der Waals surface area contributed by atoms with Gasteiger partial charge >= 0.3 is 0 Å². The van der Waals surface area contributed by atoms with Crippen LogP contribution < -0.4 is 5.32 Å². The van der Waals surface area contributed by atoms with E-state index in [1.54, 1.807) is 0 Å². The van der Waals surface area contributed by atoms with Gasteiger partial charge in [0.25, 0.3) is 0 Å². The van der Waals surface area contributed by atoms with Crippen molar-refractivity contribution >= 4 is 11.6 Å². The third-order valence-corrected chi connectivity index (χ3v) is 2.92. The van der Waals surface area contributed by atoms with Gasteiger partial charge in [-0.15, -0.1) is 0 Å². The highest BCUT2D eigenvalue weighted by Crippen LogP contribution is 2.16. The molecule has 0 saturated carbocycles. The Bertz CT molecular complexity index is 325. The Morgan fingerprint density at radius 1 is 1.21 bits per heavy atom. The van der Waals surface area contributed by atoms with E-state index in [-0.39, 0.29) is 0 Å². The molecule has 0 atom stereocenters. The monoisotopic (exact) mass is 207 g/mol. The largest absolute Gasteiger partial charge is 0.309 e. The van der Waals surface area contributed by atoms with Gasteiger partial charge in [-0.3, -0.25) is 0 Å². The van der Waals surface area contributed by atoms with Gasteiger partial charge in [0, 0.05) is 17.6 Å². The molecule has 1 aromatic rings. The van der Waals surface area contributed by atoms with Gasteiger partial charge in [0.1, 0.15) is 0 Å². The number of hydrogen-bond acceptors (Lipinski definition) is 1. The number of halogens is 1. The van der Waals surface area contributed by atoms with Crippen molar-refractivity contribution in [3.8, 4) is 0 Å². The van der Waals surface area contributed by atoms with Crippen LogP contribution in [-0.2, 0) is 6.54 Å². The van der Waals surface area contributed by atoms with Gasteiger partial charge in [0.2, 0.25) is 0 Å². The molecule has 0 saturated heterocycles. The summed E-state index contributed by atoms with van der Waals surface area (Å²) in [5.41, 5.74) is 1.18. The molecule has 1 aliphatic rings. The highest BCUT2D eigenvalue weighted by atomic mass is 35.5. The third kappa shape index (κ3) is 2.37. The van der Waals surface area contributed by atoms with Crippen LogP contribution in [0.4, 0.5) is 0 Å². The summed E-state index contributed by atoms with van der Waals surface area (Å²) in [6, 6.07) is 8.59. The Morgan fingerprint density at radius 3 is 2.64 bits per heavy atom. The average molecular weight is 208 g/mol. The van der Waals surface area contributed by atoms with Gasteiger partial charge < -0.3 is 5.32 Å². The minimum Gasteiger partial charge on any atom is -0.309 e. The molecule has 0 heterocycles. The summed E-state index contributed by atoms with van der Waals surface area (Å²) < 4.78 is 0. The van der Waals surface area contributed by atoms with Crippen molar-refractivity contribution in [3.05, 3.63) is 47.0 Å². The van der Waals surface area contributed by atoms with Gasteiger partial charge in [-0.2, -0.15) is 0 Å². The fraction of sp³-hybridized carbons (Fsp3) is 0.333. The maximum Gasteiger partial charge on any atom is 0.0450 e. The smallest absolute Gasteiger partial charge is 0.0450 e. The molecule has 0 amide bonds. The van der Waals surface area contributed by atoms with Crippen molar-refractivity contribution in [1.82, 2.24) is 5.32 Å². The molecular formula is C12H14ClN. The lowest BCUT2D eigenvalue weighted by molar-refractivity contribution is 0.538. The molecule has 1 N–H and O–H groups in total. The molecule has 14 heavy (non-hydrogen) atoms. The zero-order chi connectivity index (χ0) is 9.80. The van der Waals surface area contributed by atoms with Crippen molar-refractivity contribution in [1.29, 1.82) is 0 Å². The highest BCUT2D eigenvalue weighted by Gasteiger charge is 2.09. The van der Waals surface area contributed by atoms with E-state index in [4.69, 9.17) is 11.6 Å². The Kier molecular flexibility index (Phi) is 3.22. The molecule has 74 valence electrons. The first-order valence-corrected chi connectivity index (χ1v) is 5.36. The molecule has 0 spiro atoms. The highest BCUT2D eigenvalue weighted by molar-refractivity contribution is 6.31. The minimum atomic E-state index is 0.603. The van der Waals surface area contributed by atoms with Crippen molar-refractivity contribution in [2.24, 2.45) is 0 Å². The molecule has 0 aliphatic heterocycles. The van der Waals surface area contributed by atoms with Crippen LogP contribution in [0.3, 0.4) is 0 Å². The van der Waals surface area contributed by atoms with E-state index in [9.17, 15) is 0 Å². The Morgan fingerprint density at radius 2 is 1.93 bits per heavy atom. The number of nitrogens with one attached hydrogen (secondary N) is 1. The fourth-order valence-electron chi connectivity index (χ4n) is 1.68. The van der Waals surface area contributed by atoms with Gasteiger partial charge in [-0.1, -0.05) is 42.0 Å². The molecular weight excluding hydrogens is 194 g/mol. The van der Waals surface area contributed by atoms with Crippen LogP contribution in [-0.4, -0.2) is 6.04 Å². The zero-order valence-corrected chi connectivity index (χ0v) is 8.80. The molecule has 1 nitrogen and oxygen atoms in total. The first-order valence-electron chi connectivity index (χ1n) is 4.98. The molecule has 1 aliphatic carbocycles. The lowest BCUT2D eigenvalue weighted by Gasteiger charge is -2.12. The SMILES string of the molecule is Clc1ccccc1CNC1CC=CC1.